The lowest BCUT2D eigenvalue weighted by Gasteiger charge is -2.23. The average Bonchev–Trinajstić information content (AvgIpc) is 2.30. The van der Waals surface area contributed by atoms with Crippen molar-refractivity contribution in [1.82, 2.24) is 4.98 Å². The van der Waals surface area contributed by atoms with Crippen molar-refractivity contribution in [3.8, 4) is 0 Å². The van der Waals surface area contributed by atoms with E-state index in [-0.39, 0.29) is 5.41 Å². The van der Waals surface area contributed by atoms with Gasteiger partial charge in [-0.1, -0.05) is 37.6 Å². The molecule has 17 heavy (non-hydrogen) atoms. The van der Waals surface area contributed by atoms with E-state index in [1.54, 1.807) is 0 Å². The van der Waals surface area contributed by atoms with E-state index in [9.17, 15) is 0 Å². The van der Waals surface area contributed by atoms with Gasteiger partial charge in [0, 0.05) is 23.0 Å². The Kier molecular flexibility index (Phi) is 3.11. The van der Waals surface area contributed by atoms with Crippen molar-refractivity contribution < 1.29 is 0 Å². The number of nitrogens with two attached hydrogens (primary N) is 1. The minimum atomic E-state index is -0.127. The number of fused-ring (bicyclic) bond motifs is 1. The first kappa shape index (κ1) is 12.3. The first-order chi connectivity index (χ1) is 7.95. The third kappa shape index (κ3) is 2.15. The van der Waals surface area contributed by atoms with E-state index in [0.717, 1.165) is 16.6 Å². The maximum atomic E-state index is 6.20. The minimum Gasteiger partial charge on any atom is -0.330 e. The number of hydrogen-bond acceptors (Lipinski definition) is 2. The summed E-state index contributed by atoms with van der Waals surface area (Å²) in [7, 11) is 0. The van der Waals surface area contributed by atoms with Gasteiger partial charge in [0.05, 0.1) is 10.5 Å². The van der Waals surface area contributed by atoms with Gasteiger partial charge in [-0.15, -0.1) is 0 Å². The highest BCUT2D eigenvalue weighted by molar-refractivity contribution is 6.35. The fourth-order valence-corrected chi connectivity index (χ4v) is 2.05. The molecule has 1 aromatic carbocycles. The molecule has 0 radical (unpaired) electrons. The molecule has 0 saturated carbocycles. The summed E-state index contributed by atoms with van der Waals surface area (Å²) in [5, 5.41) is 1.80. The van der Waals surface area contributed by atoms with Gasteiger partial charge in [0.25, 0.3) is 0 Å². The highest BCUT2D eigenvalue weighted by atomic mass is 35.5. The van der Waals surface area contributed by atoms with Crippen LogP contribution in [0.15, 0.2) is 24.3 Å². The summed E-state index contributed by atoms with van der Waals surface area (Å²) in [4.78, 5) is 4.67. The van der Waals surface area contributed by atoms with Crippen LogP contribution in [0, 0.1) is 6.92 Å². The summed E-state index contributed by atoms with van der Waals surface area (Å²) in [6, 6.07) is 7.97. The van der Waals surface area contributed by atoms with Crippen LogP contribution in [0.25, 0.3) is 10.9 Å². The van der Waals surface area contributed by atoms with Gasteiger partial charge in [-0.25, -0.2) is 0 Å². The molecule has 0 aliphatic heterocycles. The molecule has 1 aromatic heterocycles. The van der Waals surface area contributed by atoms with Gasteiger partial charge < -0.3 is 5.73 Å². The fraction of sp³-hybridized carbons (Fsp3) is 0.357. The second-order valence-electron chi connectivity index (χ2n) is 5.05. The van der Waals surface area contributed by atoms with Gasteiger partial charge in [-0.3, -0.25) is 4.98 Å². The van der Waals surface area contributed by atoms with E-state index >= 15 is 0 Å². The number of rotatable bonds is 2. The van der Waals surface area contributed by atoms with Gasteiger partial charge in [0.15, 0.2) is 0 Å². The molecule has 0 aliphatic rings. The lowest BCUT2D eigenvalue weighted by molar-refractivity contribution is 0.523. The second-order valence-corrected chi connectivity index (χ2v) is 5.46. The molecule has 0 saturated heterocycles. The molecule has 2 nitrogen and oxygen atoms in total. The zero-order valence-electron chi connectivity index (χ0n) is 10.4. The Morgan fingerprint density at radius 2 is 2.06 bits per heavy atom. The SMILES string of the molecule is Cc1cc(C(C)(C)CN)nc2c(Cl)cccc12. The quantitative estimate of drug-likeness (QED) is 0.884. The van der Waals surface area contributed by atoms with Crippen molar-refractivity contribution in [3.05, 3.63) is 40.5 Å². The van der Waals surface area contributed by atoms with Crippen LogP contribution < -0.4 is 5.73 Å². The molecule has 0 fully saturated rings. The maximum Gasteiger partial charge on any atom is 0.0894 e. The minimum absolute atomic E-state index is 0.127. The smallest absolute Gasteiger partial charge is 0.0894 e. The molecule has 0 atom stereocenters. The number of aromatic nitrogens is 1. The Hall–Kier alpha value is -1.12. The van der Waals surface area contributed by atoms with Crippen molar-refractivity contribution in [2.45, 2.75) is 26.2 Å². The van der Waals surface area contributed by atoms with Gasteiger partial charge in [-0.05, 0) is 24.6 Å². The predicted octanol–water partition coefficient (Wildman–Crippen LogP) is 3.43. The topological polar surface area (TPSA) is 38.9 Å². The number of hydrogen-bond donors (Lipinski definition) is 1. The molecular weight excluding hydrogens is 232 g/mol. The summed E-state index contributed by atoms with van der Waals surface area (Å²) in [6.07, 6.45) is 0. The van der Waals surface area contributed by atoms with Crippen LogP contribution in [0.3, 0.4) is 0 Å². The predicted molar refractivity (Wildman–Crippen MR) is 73.6 cm³/mol. The second kappa shape index (κ2) is 4.28. The van der Waals surface area contributed by atoms with Crippen molar-refractivity contribution in [1.29, 1.82) is 0 Å². The van der Waals surface area contributed by atoms with Crippen LogP contribution in [-0.4, -0.2) is 11.5 Å². The first-order valence-corrected chi connectivity index (χ1v) is 6.10. The van der Waals surface area contributed by atoms with Gasteiger partial charge in [0.1, 0.15) is 0 Å². The molecule has 0 spiro atoms. The van der Waals surface area contributed by atoms with E-state index < -0.39 is 0 Å². The zero-order valence-corrected chi connectivity index (χ0v) is 11.2. The van der Waals surface area contributed by atoms with Crippen molar-refractivity contribution in [3.63, 3.8) is 0 Å². The van der Waals surface area contributed by atoms with Crippen LogP contribution in [0.5, 0.6) is 0 Å². The molecule has 0 bridgehead atoms. The summed E-state index contributed by atoms with van der Waals surface area (Å²) in [5.74, 6) is 0. The lowest BCUT2D eigenvalue weighted by atomic mass is 9.88. The number of benzene rings is 1. The summed E-state index contributed by atoms with van der Waals surface area (Å²) < 4.78 is 0. The van der Waals surface area contributed by atoms with Crippen molar-refractivity contribution in [2.24, 2.45) is 5.73 Å². The van der Waals surface area contributed by atoms with Crippen molar-refractivity contribution >= 4 is 22.5 Å². The van der Waals surface area contributed by atoms with E-state index in [1.807, 2.05) is 18.2 Å². The molecule has 2 N–H and O–H groups in total. The van der Waals surface area contributed by atoms with Gasteiger partial charge in [-0.2, -0.15) is 0 Å². The maximum absolute atomic E-state index is 6.20. The van der Waals surface area contributed by atoms with E-state index in [2.05, 4.69) is 31.8 Å². The Labute approximate surface area is 107 Å². The van der Waals surface area contributed by atoms with Crippen molar-refractivity contribution in [2.75, 3.05) is 6.54 Å². The summed E-state index contributed by atoms with van der Waals surface area (Å²) >= 11 is 6.20. The monoisotopic (exact) mass is 248 g/mol. The van der Waals surface area contributed by atoms with Gasteiger partial charge >= 0.3 is 0 Å². The summed E-state index contributed by atoms with van der Waals surface area (Å²) in [6.45, 7) is 6.83. The molecule has 2 rings (SSSR count). The van der Waals surface area contributed by atoms with E-state index in [0.29, 0.717) is 11.6 Å². The summed E-state index contributed by atoms with van der Waals surface area (Å²) in [5.41, 5.74) is 8.72. The van der Waals surface area contributed by atoms with Crippen LogP contribution >= 0.6 is 11.6 Å². The molecule has 3 heteroatoms. The highest BCUT2D eigenvalue weighted by Crippen LogP contribution is 2.29. The highest BCUT2D eigenvalue weighted by Gasteiger charge is 2.21. The molecule has 0 aliphatic carbocycles. The standard InChI is InChI=1S/C14H17ClN2/c1-9-7-12(14(2,3)8-16)17-13-10(9)5-4-6-11(13)15/h4-7H,8,16H2,1-3H3. The molecule has 1 heterocycles. The third-order valence-corrected chi connectivity index (χ3v) is 3.51. The largest absolute Gasteiger partial charge is 0.330 e. The Balaban J connectivity index is 2.75. The number of pyridine rings is 1. The average molecular weight is 249 g/mol. The van der Waals surface area contributed by atoms with E-state index in [4.69, 9.17) is 17.3 Å². The first-order valence-electron chi connectivity index (χ1n) is 5.72. The van der Waals surface area contributed by atoms with Gasteiger partial charge in [0.2, 0.25) is 0 Å². The molecule has 90 valence electrons. The normalized spacial score (nSPS) is 12.1. The van der Waals surface area contributed by atoms with Crippen LogP contribution in [-0.2, 0) is 5.41 Å². The number of aryl methyl sites for hydroxylation is 1. The number of para-hydroxylation sites is 1. The van der Waals surface area contributed by atoms with Crippen LogP contribution in [0.2, 0.25) is 5.02 Å². The Morgan fingerprint density at radius 3 is 2.71 bits per heavy atom. The molecule has 0 unspecified atom stereocenters. The zero-order chi connectivity index (χ0) is 12.6. The molecular formula is C14H17ClN2. The Bertz CT molecular complexity index is 561. The van der Waals surface area contributed by atoms with E-state index in [1.165, 1.54) is 5.56 Å². The molecule has 0 amide bonds. The third-order valence-electron chi connectivity index (χ3n) is 3.20. The number of halogens is 1. The number of nitrogens with zero attached hydrogens (tertiary/aromatic N) is 1. The Morgan fingerprint density at radius 1 is 1.35 bits per heavy atom. The van der Waals surface area contributed by atoms with Crippen LogP contribution in [0.1, 0.15) is 25.1 Å². The fourth-order valence-electron chi connectivity index (χ4n) is 1.83. The lowest BCUT2D eigenvalue weighted by Crippen LogP contribution is -2.29. The molecule has 2 aromatic rings. The van der Waals surface area contributed by atoms with Crippen LogP contribution in [0.4, 0.5) is 0 Å².